The minimum absolute atomic E-state index is 0.0844. The Bertz CT molecular complexity index is 496. The maximum absolute atomic E-state index is 12.6. The molecule has 0 fully saturated rings. The Morgan fingerprint density at radius 2 is 1.77 bits per heavy atom. The monoisotopic (exact) mass is 364 g/mol. The molecule has 2 atom stereocenters. The molecule has 0 aliphatic carbocycles. The lowest BCUT2D eigenvalue weighted by Crippen LogP contribution is -2.25. The van der Waals surface area contributed by atoms with E-state index in [2.05, 4.69) is 18.8 Å². The predicted octanol–water partition coefficient (Wildman–Crippen LogP) is 6.24. The quantitative estimate of drug-likeness (QED) is 0.290. The van der Waals surface area contributed by atoms with E-state index in [1.807, 2.05) is 31.5 Å². The average Bonchev–Trinajstić information content (AvgIpc) is 3.00. The highest BCUT2D eigenvalue weighted by Crippen LogP contribution is 2.27. The first kappa shape index (κ1) is 22.7. The molecule has 1 aromatic rings. The number of hydrogen-bond donors (Lipinski definition) is 0. The van der Waals surface area contributed by atoms with Gasteiger partial charge in [0.25, 0.3) is 0 Å². The number of aryl methyl sites for hydroxylation is 1. The number of carbonyl (C=O) groups excluding carboxylic acids is 1. The van der Waals surface area contributed by atoms with Gasteiger partial charge in [-0.2, -0.15) is 0 Å². The number of hydrogen-bond acceptors (Lipinski definition) is 3. The summed E-state index contributed by atoms with van der Waals surface area (Å²) in [5.74, 6) is 0.582. The number of imidazole rings is 1. The molecule has 1 rings (SSSR count). The first-order valence-corrected chi connectivity index (χ1v) is 10.7. The lowest BCUT2D eigenvalue weighted by molar-refractivity contribution is -0.151. The zero-order chi connectivity index (χ0) is 19.4. The summed E-state index contributed by atoms with van der Waals surface area (Å²) in [6.45, 7) is 10.3. The molecule has 0 aliphatic rings. The van der Waals surface area contributed by atoms with Crippen molar-refractivity contribution >= 4 is 5.97 Å². The van der Waals surface area contributed by atoms with E-state index in [-0.39, 0.29) is 18.1 Å². The lowest BCUT2D eigenvalue weighted by atomic mass is 9.90. The summed E-state index contributed by atoms with van der Waals surface area (Å²) in [6, 6.07) is -0.251. The van der Waals surface area contributed by atoms with E-state index in [1.165, 1.54) is 51.4 Å². The molecular formula is C22H40N2O2. The predicted molar refractivity (Wildman–Crippen MR) is 108 cm³/mol. The summed E-state index contributed by atoms with van der Waals surface area (Å²) >= 11 is 0. The molecule has 4 nitrogen and oxygen atoms in total. The van der Waals surface area contributed by atoms with Gasteiger partial charge in [-0.3, -0.25) is 0 Å². The number of esters is 1. The summed E-state index contributed by atoms with van der Waals surface area (Å²) in [5.41, 5.74) is 1.02. The molecule has 0 spiro atoms. The topological polar surface area (TPSA) is 44.1 Å². The van der Waals surface area contributed by atoms with Gasteiger partial charge in [-0.1, -0.05) is 65.2 Å². The van der Waals surface area contributed by atoms with Crippen molar-refractivity contribution in [3.63, 3.8) is 0 Å². The van der Waals surface area contributed by atoms with E-state index in [0.29, 0.717) is 5.92 Å². The van der Waals surface area contributed by atoms with Crippen LogP contribution in [0.5, 0.6) is 0 Å². The van der Waals surface area contributed by atoms with Gasteiger partial charge in [0.15, 0.2) is 0 Å². The summed E-state index contributed by atoms with van der Waals surface area (Å²) in [4.78, 5) is 16.8. The van der Waals surface area contributed by atoms with Gasteiger partial charge in [0.05, 0.1) is 12.4 Å². The van der Waals surface area contributed by atoms with Crippen molar-refractivity contribution in [2.45, 2.75) is 111 Å². The third-order valence-electron chi connectivity index (χ3n) is 5.08. The van der Waals surface area contributed by atoms with Crippen LogP contribution in [0, 0.1) is 12.8 Å². The molecule has 1 heterocycles. The molecule has 1 aromatic heterocycles. The van der Waals surface area contributed by atoms with Crippen LogP contribution in [0.15, 0.2) is 12.5 Å². The Balaban J connectivity index is 2.63. The molecule has 0 N–H and O–H groups in total. The lowest BCUT2D eigenvalue weighted by Gasteiger charge is -2.23. The van der Waals surface area contributed by atoms with E-state index in [1.54, 1.807) is 6.33 Å². The molecule has 0 saturated carbocycles. The van der Waals surface area contributed by atoms with Crippen LogP contribution in [-0.2, 0) is 9.53 Å². The highest BCUT2D eigenvalue weighted by atomic mass is 16.5. The first-order chi connectivity index (χ1) is 12.5. The Morgan fingerprint density at radius 1 is 1.04 bits per heavy atom. The van der Waals surface area contributed by atoms with E-state index in [9.17, 15) is 4.79 Å². The Kier molecular flexibility index (Phi) is 11.3. The van der Waals surface area contributed by atoms with Crippen LogP contribution in [0.25, 0.3) is 0 Å². The molecule has 0 saturated heterocycles. The van der Waals surface area contributed by atoms with Gasteiger partial charge in [-0.05, 0) is 39.5 Å². The van der Waals surface area contributed by atoms with Crippen LogP contribution in [0.4, 0.5) is 0 Å². The van der Waals surface area contributed by atoms with Gasteiger partial charge in [0.2, 0.25) is 0 Å². The molecule has 0 bridgehead atoms. The smallest absolute Gasteiger partial charge is 0.329 e. The number of unbranched alkanes of at least 4 members (excludes halogenated alkanes) is 4. The third-order valence-corrected chi connectivity index (χ3v) is 5.08. The van der Waals surface area contributed by atoms with Gasteiger partial charge < -0.3 is 9.30 Å². The molecule has 0 aliphatic heterocycles. The van der Waals surface area contributed by atoms with Crippen LogP contribution in [0.2, 0.25) is 0 Å². The second kappa shape index (κ2) is 12.9. The fraction of sp³-hybridized carbons (Fsp3) is 0.818. The van der Waals surface area contributed by atoms with Crippen molar-refractivity contribution in [2.75, 3.05) is 0 Å². The van der Waals surface area contributed by atoms with Crippen molar-refractivity contribution in [2.24, 2.45) is 5.92 Å². The molecule has 26 heavy (non-hydrogen) atoms. The number of aromatic nitrogens is 2. The number of nitrogens with zero attached hydrogens (tertiary/aromatic N) is 2. The molecule has 0 amide bonds. The standard InChI is InChI=1S/C22H40N2O2/c1-6-8-9-10-11-13-20(12-7-2)14-15-21(22(25)26-18(3)4)24-17-23-16-19(24)5/h16-18,20-21H,6-15H2,1-5H3. The van der Waals surface area contributed by atoms with Crippen molar-refractivity contribution in [3.8, 4) is 0 Å². The minimum atomic E-state index is -0.251. The fourth-order valence-corrected chi connectivity index (χ4v) is 3.65. The summed E-state index contributed by atoms with van der Waals surface area (Å²) in [6.07, 6.45) is 15.8. The van der Waals surface area contributed by atoms with Crippen molar-refractivity contribution in [1.29, 1.82) is 0 Å². The van der Waals surface area contributed by atoms with Crippen LogP contribution >= 0.6 is 0 Å². The van der Waals surface area contributed by atoms with Crippen LogP contribution < -0.4 is 0 Å². The number of ether oxygens (including phenoxy) is 1. The summed E-state index contributed by atoms with van der Waals surface area (Å²) in [5, 5.41) is 0. The maximum atomic E-state index is 12.6. The summed E-state index contributed by atoms with van der Waals surface area (Å²) in [7, 11) is 0. The second-order valence-corrected chi connectivity index (χ2v) is 7.88. The van der Waals surface area contributed by atoms with E-state index in [4.69, 9.17) is 4.74 Å². The SMILES string of the molecule is CCCCCCCC(CCC)CCC(C(=O)OC(C)C)n1cncc1C. The molecule has 0 radical (unpaired) electrons. The fourth-order valence-electron chi connectivity index (χ4n) is 3.65. The van der Waals surface area contributed by atoms with Gasteiger partial charge in [0.1, 0.15) is 6.04 Å². The van der Waals surface area contributed by atoms with Crippen LogP contribution in [-0.4, -0.2) is 21.6 Å². The van der Waals surface area contributed by atoms with Gasteiger partial charge in [-0.25, -0.2) is 9.78 Å². The average molecular weight is 365 g/mol. The zero-order valence-corrected chi connectivity index (χ0v) is 17.7. The van der Waals surface area contributed by atoms with E-state index < -0.39 is 0 Å². The highest BCUT2D eigenvalue weighted by molar-refractivity contribution is 5.74. The van der Waals surface area contributed by atoms with E-state index in [0.717, 1.165) is 18.5 Å². The largest absolute Gasteiger partial charge is 0.461 e. The normalized spacial score (nSPS) is 13.8. The van der Waals surface area contributed by atoms with Crippen molar-refractivity contribution < 1.29 is 9.53 Å². The number of carbonyl (C=O) groups is 1. The second-order valence-electron chi connectivity index (χ2n) is 7.88. The van der Waals surface area contributed by atoms with Gasteiger partial charge in [0, 0.05) is 11.9 Å². The molecular weight excluding hydrogens is 324 g/mol. The Labute approximate surface area is 160 Å². The van der Waals surface area contributed by atoms with Gasteiger partial charge >= 0.3 is 5.97 Å². The minimum Gasteiger partial charge on any atom is -0.461 e. The maximum Gasteiger partial charge on any atom is 0.329 e. The zero-order valence-electron chi connectivity index (χ0n) is 17.7. The molecule has 4 heteroatoms. The molecule has 0 aromatic carbocycles. The molecule has 2 unspecified atom stereocenters. The Morgan fingerprint density at radius 3 is 2.35 bits per heavy atom. The van der Waals surface area contributed by atoms with Crippen molar-refractivity contribution in [1.82, 2.24) is 9.55 Å². The third kappa shape index (κ3) is 8.37. The van der Waals surface area contributed by atoms with Gasteiger partial charge in [-0.15, -0.1) is 0 Å². The van der Waals surface area contributed by atoms with E-state index >= 15 is 0 Å². The number of rotatable bonds is 14. The Hall–Kier alpha value is -1.32. The van der Waals surface area contributed by atoms with Crippen LogP contribution in [0.1, 0.15) is 104 Å². The summed E-state index contributed by atoms with van der Waals surface area (Å²) < 4.78 is 7.50. The first-order valence-electron chi connectivity index (χ1n) is 10.7. The van der Waals surface area contributed by atoms with Crippen LogP contribution in [0.3, 0.4) is 0 Å². The van der Waals surface area contributed by atoms with Crippen molar-refractivity contribution in [3.05, 3.63) is 18.2 Å². The highest BCUT2D eigenvalue weighted by Gasteiger charge is 2.25. The molecule has 150 valence electrons.